The van der Waals surface area contributed by atoms with E-state index >= 15 is 0 Å². The SMILES string of the molecule is CCc1nn(C)cc1CNc1ccc(Cl)c2cccnc12. The summed E-state index contributed by atoms with van der Waals surface area (Å²) in [5, 5.41) is 9.59. The Labute approximate surface area is 128 Å². The Balaban J connectivity index is 1.90. The van der Waals surface area contributed by atoms with Crippen molar-refractivity contribution in [1.29, 1.82) is 0 Å². The van der Waals surface area contributed by atoms with Gasteiger partial charge < -0.3 is 5.32 Å². The first-order valence-corrected chi connectivity index (χ1v) is 7.35. The van der Waals surface area contributed by atoms with E-state index in [0.717, 1.165) is 40.3 Å². The van der Waals surface area contributed by atoms with E-state index < -0.39 is 0 Å². The number of halogens is 1. The van der Waals surface area contributed by atoms with Crippen molar-refractivity contribution in [2.24, 2.45) is 7.05 Å². The zero-order valence-electron chi connectivity index (χ0n) is 12.1. The molecule has 5 heteroatoms. The Hall–Kier alpha value is -2.07. The lowest BCUT2D eigenvalue weighted by Gasteiger charge is -2.09. The molecule has 0 amide bonds. The second-order valence-corrected chi connectivity index (χ2v) is 5.38. The predicted octanol–water partition coefficient (Wildman–Crippen LogP) is 3.80. The van der Waals surface area contributed by atoms with Gasteiger partial charge in [0.05, 0.1) is 21.9 Å². The number of aryl methyl sites for hydroxylation is 2. The van der Waals surface area contributed by atoms with Crippen molar-refractivity contribution in [2.45, 2.75) is 19.9 Å². The highest BCUT2D eigenvalue weighted by Crippen LogP contribution is 2.28. The van der Waals surface area contributed by atoms with Gasteiger partial charge in [-0.15, -0.1) is 0 Å². The van der Waals surface area contributed by atoms with E-state index in [1.807, 2.05) is 36.0 Å². The average molecular weight is 301 g/mol. The Morgan fingerprint density at radius 2 is 2.14 bits per heavy atom. The second-order valence-electron chi connectivity index (χ2n) is 4.98. The van der Waals surface area contributed by atoms with Gasteiger partial charge >= 0.3 is 0 Å². The van der Waals surface area contributed by atoms with Crippen LogP contribution in [0.1, 0.15) is 18.2 Å². The molecule has 0 unspecified atom stereocenters. The number of nitrogens with one attached hydrogen (secondary N) is 1. The van der Waals surface area contributed by atoms with Crippen LogP contribution in [0.4, 0.5) is 5.69 Å². The molecule has 2 heterocycles. The third-order valence-corrected chi connectivity index (χ3v) is 3.84. The smallest absolute Gasteiger partial charge is 0.0948 e. The molecule has 1 aromatic carbocycles. The molecule has 0 spiro atoms. The van der Waals surface area contributed by atoms with Crippen LogP contribution in [0.25, 0.3) is 10.9 Å². The number of hydrogen-bond donors (Lipinski definition) is 1. The number of benzene rings is 1. The minimum atomic E-state index is 0.722. The number of nitrogens with zero attached hydrogens (tertiary/aromatic N) is 3. The van der Waals surface area contributed by atoms with Gasteiger partial charge in [-0.3, -0.25) is 9.67 Å². The molecule has 0 saturated carbocycles. The highest BCUT2D eigenvalue weighted by atomic mass is 35.5. The molecule has 0 saturated heterocycles. The first-order chi connectivity index (χ1) is 10.2. The van der Waals surface area contributed by atoms with E-state index in [9.17, 15) is 0 Å². The average Bonchev–Trinajstić information content (AvgIpc) is 2.87. The quantitative estimate of drug-likeness (QED) is 0.797. The molecular weight excluding hydrogens is 284 g/mol. The Morgan fingerprint density at radius 1 is 1.29 bits per heavy atom. The largest absolute Gasteiger partial charge is 0.379 e. The Bertz CT molecular complexity index is 779. The van der Waals surface area contributed by atoms with Gasteiger partial charge in [-0.2, -0.15) is 5.10 Å². The number of fused-ring (bicyclic) bond motifs is 1. The molecule has 3 rings (SSSR count). The fourth-order valence-electron chi connectivity index (χ4n) is 2.50. The molecule has 1 N–H and O–H groups in total. The summed E-state index contributed by atoms with van der Waals surface area (Å²) in [6.45, 7) is 2.84. The molecule has 0 aliphatic carbocycles. The highest BCUT2D eigenvalue weighted by molar-refractivity contribution is 6.35. The molecule has 0 bridgehead atoms. The number of hydrogen-bond acceptors (Lipinski definition) is 3. The Kier molecular flexibility index (Phi) is 3.80. The number of rotatable bonds is 4. The molecule has 2 aromatic heterocycles. The standard InChI is InChI=1S/C16H17ClN4/c1-3-14-11(10-21(2)20-14)9-19-15-7-6-13(17)12-5-4-8-18-16(12)15/h4-8,10,19H,3,9H2,1-2H3. The first-order valence-electron chi connectivity index (χ1n) is 6.97. The van der Waals surface area contributed by atoms with E-state index in [-0.39, 0.29) is 0 Å². The maximum absolute atomic E-state index is 6.22. The summed E-state index contributed by atoms with van der Waals surface area (Å²) in [7, 11) is 1.95. The van der Waals surface area contributed by atoms with Crippen LogP contribution < -0.4 is 5.32 Å². The molecular formula is C16H17ClN4. The molecule has 108 valence electrons. The first kappa shape index (κ1) is 13.9. The topological polar surface area (TPSA) is 42.7 Å². The summed E-state index contributed by atoms with van der Waals surface area (Å²) in [6, 6.07) is 7.75. The van der Waals surface area contributed by atoms with Crippen molar-refractivity contribution >= 4 is 28.2 Å². The van der Waals surface area contributed by atoms with Crippen molar-refractivity contribution in [1.82, 2.24) is 14.8 Å². The van der Waals surface area contributed by atoms with Gasteiger partial charge in [-0.1, -0.05) is 18.5 Å². The molecule has 0 atom stereocenters. The molecule has 3 aromatic rings. The second kappa shape index (κ2) is 5.74. The van der Waals surface area contributed by atoms with Crippen LogP contribution >= 0.6 is 11.6 Å². The lowest BCUT2D eigenvalue weighted by atomic mass is 10.1. The van der Waals surface area contributed by atoms with Crippen molar-refractivity contribution in [3.05, 3.63) is 52.9 Å². The molecule has 0 aliphatic rings. The highest BCUT2D eigenvalue weighted by Gasteiger charge is 2.08. The van der Waals surface area contributed by atoms with Crippen LogP contribution in [0.15, 0.2) is 36.7 Å². The summed E-state index contributed by atoms with van der Waals surface area (Å²) in [5.74, 6) is 0. The van der Waals surface area contributed by atoms with Crippen molar-refractivity contribution in [3.63, 3.8) is 0 Å². The van der Waals surface area contributed by atoms with Gasteiger partial charge in [0.15, 0.2) is 0 Å². The predicted molar refractivity (Wildman–Crippen MR) is 86.7 cm³/mol. The van der Waals surface area contributed by atoms with E-state index in [1.165, 1.54) is 5.56 Å². The number of pyridine rings is 1. The van der Waals surface area contributed by atoms with E-state index in [4.69, 9.17) is 11.6 Å². The third kappa shape index (κ3) is 2.72. The fourth-order valence-corrected chi connectivity index (χ4v) is 2.72. The Morgan fingerprint density at radius 3 is 2.95 bits per heavy atom. The molecule has 0 aliphatic heterocycles. The summed E-state index contributed by atoms with van der Waals surface area (Å²) in [5.41, 5.74) is 4.21. The van der Waals surface area contributed by atoms with Gasteiger partial charge in [0.2, 0.25) is 0 Å². The fraction of sp³-hybridized carbons (Fsp3) is 0.250. The molecule has 4 nitrogen and oxygen atoms in total. The summed E-state index contributed by atoms with van der Waals surface area (Å²) in [4.78, 5) is 4.43. The van der Waals surface area contributed by atoms with Crippen molar-refractivity contribution in [3.8, 4) is 0 Å². The van der Waals surface area contributed by atoms with Gasteiger partial charge in [-0.05, 0) is 30.7 Å². The van der Waals surface area contributed by atoms with E-state index in [1.54, 1.807) is 6.20 Å². The maximum atomic E-state index is 6.22. The van der Waals surface area contributed by atoms with Gasteiger partial charge in [0.1, 0.15) is 0 Å². The monoisotopic (exact) mass is 300 g/mol. The van der Waals surface area contributed by atoms with Gasteiger partial charge in [0.25, 0.3) is 0 Å². The molecule has 0 fully saturated rings. The van der Waals surface area contributed by atoms with Crippen LogP contribution in [0, 0.1) is 0 Å². The van der Waals surface area contributed by atoms with Crippen LogP contribution in [0.5, 0.6) is 0 Å². The summed E-state index contributed by atoms with van der Waals surface area (Å²) < 4.78 is 1.86. The van der Waals surface area contributed by atoms with E-state index in [2.05, 4.69) is 28.5 Å². The number of aromatic nitrogens is 3. The van der Waals surface area contributed by atoms with E-state index in [0.29, 0.717) is 0 Å². The lowest BCUT2D eigenvalue weighted by molar-refractivity contribution is 0.746. The van der Waals surface area contributed by atoms with Crippen LogP contribution in [-0.4, -0.2) is 14.8 Å². The zero-order valence-corrected chi connectivity index (χ0v) is 12.9. The minimum absolute atomic E-state index is 0.722. The minimum Gasteiger partial charge on any atom is -0.379 e. The van der Waals surface area contributed by atoms with Gasteiger partial charge in [0, 0.05) is 36.9 Å². The lowest BCUT2D eigenvalue weighted by Crippen LogP contribution is -2.02. The normalized spacial score (nSPS) is 11.0. The summed E-state index contributed by atoms with van der Waals surface area (Å²) in [6.07, 6.45) is 4.76. The molecule has 21 heavy (non-hydrogen) atoms. The van der Waals surface area contributed by atoms with Crippen molar-refractivity contribution < 1.29 is 0 Å². The van der Waals surface area contributed by atoms with Crippen LogP contribution in [0.3, 0.4) is 0 Å². The summed E-state index contributed by atoms with van der Waals surface area (Å²) >= 11 is 6.22. The maximum Gasteiger partial charge on any atom is 0.0948 e. The zero-order chi connectivity index (χ0) is 14.8. The molecule has 0 radical (unpaired) electrons. The number of anilines is 1. The van der Waals surface area contributed by atoms with Crippen LogP contribution in [-0.2, 0) is 20.0 Å². The van der Waals surface area contributed by atoms with Crippen LogP contribution in [0.2, 0.25) is 5.02 Å². The van der Waals surface area contributed by atoms with Gasteiger partial charge in [-0.25, -0.2) is 0 Å². The van der Waals surface area contributed by atoms with Crippen molar-refractivity contribution in [2.75, 3.05) is 5.32 Å². The third-order valence-electron chi connectivity index (χ3n) is 3.51.